The van der Waals surface area contributed by atoms with Crippen LogP contribution >= 0.6 is 0 Å². The molecule has 78 valence electrons. The van der Waals surface area contributed by atoms with Crippen LogP contribution in [0.4, 0.5) is 13.2 Å². The SMILES string of the molecule is COc1cnc(F)c(CO)c1C(F)F. The summed E-state index contributed by atoms with van der Waals surface area (Å²) in [5.74, 6) is -1.34. The second-order valence-corrected chi connectivity index (χ2v) is 2.47. The number of aliphatic hydroxyl groups is 1. The predicted octanol–water partition coefficient (Wildman–Crippen LogP) is 1.66. The molecule has 1 aromatic rings. The van der Waals surface area contributed by atoms with Crippen LogP contribution in [0.5, 0.6) is 5.75 Å². The maximum absolute atomic E-state index is 12.9. The molecule has 0 fully saturated rings. The number of aromatic nitrogens is 1. The Balaban J connectivity index is 3.36. The lowest BCUT2D eigenvalue weighted by Gasteiger charge is -2.11. The molecule has 0 aromatic carbocycles. The van der Waals surface area contributed by atoms with Crippen molar-refractivity contribution in [2.45, 2.75) is 13.0 Å². The van der Waals surface area contributed by atoms with Gasteiger partial charge in [-0.1, -0.05) is 0 Å². The Bertz CT molecular complexity index is 331. The summed E-state index contributed by atoms with van der Waals surface area (Å²) in [6, 6.07) is 0. The minimum Gasteiger partial charge on any atom is -0.495 e. The van der Waals surface area contributed by atoms with E-state index in [2.05, 4.69) is 9.72 Å². The fourth-order valence-corrected chi connectivity index (χ4v) is 1.07. The molecule has 1 rings (SSSR count). The molecule has 3 nitrogen and oxygen atoms in total. The van der Waals surface area contributed by atoms with Gasteiger partial charge in [-0.25, -0.2) is 13.8 Å². The second-order valence-electron chi connectivity index (χ2n) is 2.47. The van der Waals surface area contributed by atoms with Crippen molar-refractivity contribution in [3.05, 3.63) is 23.3 Å². The minimum atomic E-state index is -2.91. The molecule has 0 atom stereocenters. The van der Waals surface area contributed by atoms with Gasteiger partial charge in [0.1, 0.15) is 5.75 Å². The predicted molar refractivity (Wildman–Crippen MR) is 41.6 cm³/mol. The van der Waals surface area contributed by atoms with Crippen molar-refractivity contribution in [2.75, 3.05) is 7.11 Å². The fraction of sp³-hybridized carbons (Fsp3) is 0.375. The van der Waals surface area contributed by atoms with Crippen LogP contribution in [-0.4, -0.2) is 17.2 Å². The summed E-state index contributed by atoms with van der Waals surface area (Å²) in [6.45, 7) is -0.838. The van der Waals surface area contributed by atoms with Crippen LogP contribution in [0, 0.1) is 5.95 Å². The molecule has 6 heteroatoms. The van der Waals surface area contributed by atoms with Crippen LogP contribution < -0.4 is 4.74 Å². The van der Waals surface area contributed by atoms with E-state index in [-0.39, 0.29) is 5.75 Å². The van der Waals surface area contributed by atoms with Crippen molar-refractivity contribution in [1.29, 1.82) is 0 Å². The van der Waals surface area contributed by atoms with Crippen LogP contribution in [0.2, 0.25) is 0 Å². The number of nitrogens with zero attached hydrogens (tertiary/aromatic N) is 1. The summed E-state index contributed by atoms with van der Waals surface area (Å²) in [4.78, 5) is 3.18. The summed E-state index contributed by atoms with van der Waals surface area (Å²) in [5.41, 5.74) is -1.18. The van der Waals surface area contributed by atoms with Crippen molar-refractivity contribution in [3.8, 4) is 5.75 Å². The first kappa shape index (κ1) is 10.8. The van der Waals surface area contributed by atoms with Gasteiger partial charge in [0.05, 0.1) is 25.5 Å². The van der Waals surface area contributed by atoms with Crippen molar-refractivity contribution in [3.63, 3.8) is 0 Å². The highest BCUT2D eigenvalue weighted by atomic mass is 19.3. The van der Waals surface area contributed by atoms with E-state index in [1.54, 1.807) is 0 Å². The first-order valence-corrected chi connectivity index (χ1v) is 3.72. The van der Waals surface area contributed by atoms with Crippen LogP contribution in [0.15, 0.2) is 6.20 Å². The Kier molecular flexibility index (Phi) is 3.29. The number of hydrogen-bond acceptors (Lipinski definition) is 3. The molecule has 0 unspecified atom stereocenters. The van der Waals surface area contributed by atoms with Gasteiger partial charge in [0.2, 0.25) is 5.95 Å². The molecule has 1 aromatic heterocycles. The van der Waals surface area contributed by atoms with Gasteiger partial charge in [0.15, 0.2) is 0 Å². The van der Waals surface area contributed by atoms with Gasteiger partial charge in [0, 0.05) is 5.56 Å². The number of alkyl halides is 2. The quantitative estimate of drug-likeness (QED) is 0.766. The monoisotopic (exact) mass is 207 g/mol. The molecule has 1 N–H and O–H groups in total. The van der Waals surface area contributed by atoms with Crippen molar-refractivity contribution in [2.24, 2.45) is 0 Å². The molecule has 0 saturated heterocycles. The van der Waals surface area contributed by atoms with Crippen LogP contribution in [0.1, 0.15) is 17.6 Å². The first-order valence-electron chi connectivity index (χ1n) is 3.72. The highest BCUT2D eigenvalue weighted by Gasteiger charge is 2.22. The number of rotatable bonds is 3. The summed E-state index contributed by atoms with van der Waals surface area (Å²) in [6.07, 6.45) is -2.06. The highest BCUT2D eigenvalue weighted by Crippen LogP contribution is 2.32. The second kappa shape index (κ2) is 4.28. The van der Waals surface area contributed by atoms with Crippen molar-refractivity contribution < 1.29 is 23.0 Å². The van der Waals surface area contributed by atoms with Gasteiger partial charge in [-0.15, -0.1) is 0 Å². The van der Waals surface area contributed by atoms with Crippen LogP contribution in [0.25, 0.3) is 0 Å². The summed E-state index contributed by atoms with van der Waals surface area (Å²) < 4.78 is 42.4. The molecule has 0 radical (unpaired) electrons. The van der Waals surface area contributed by atoms with E-state index >= 15 is 0 Å². The first-order chi connectivity index (χ1) is 6.61. The number of pyridine rings is 1. The Morgan fingerprint density at radius 1 is 1.57 bits per heavy atom. The molecular formula is C8H8F3NO2. The van der Waals surface area contributed by atoms with E-state index in [9.17, 15) is 13.2 Å². The number of ether oxygens (including phenoxy) is 1. The molecule has 1 heterocycles. The van der Waals surface area contributed by atoms with Gasteiger partial charge < -0.3 is 9.84 Å². The lowest BCUT2D eigenvalue weighted by Crippen LogP contribution is -2.04. The maximum atomic E-state index is 12.9. The van der Waals surface area contributed by atoms with Gasteiger partial charge in [-0.2, -0.15) is 4.39 Å². The standard InChI is InChI=1S/C8H8F3NO2/c1-14-5-2-12-8(11)4(3-13)6(5)7(9)10/h2,7,13H,3H2,1H3. The highest BCUT2D eigenvalue weighted by molar-refractivity contribution is 5.38. The van der Waals surface area contributed by atoms with Crippen molar-refractivity contribution >= 4 is 0 Å². The van der Waals surface area contributed by atoms with E-state index < -0.39 is 30.1 Å². The lowest BCUT2D eigenvalue weighted by molar-refractivity contribution is 0.141. The van der Waals surface area contributed by atoms with Crippen LogP contribution in [0.3, 0.4) is 0 Å². The van der Waals surface area contributed by atoms with Gasteiger partial charge in [-0.05, 0) is 0 Å². The molecular weight excluding hydrogens is 199 g/mol. The zero-order valence-corrected chi connectivity index (χ0v) is 7.30. The third kappa shape index (κ3) is 1.79. The molecule has 0 aliphatic heterocycles. The zero-order valence-electron chi connectivity index (χ0n) is 7.30. The summed E-state index contributed by atoms with van der Waals surface area (Å²) >= 11 is 0. The topological polar surface area (TPSA) is 42.4 Å². The zero-order chi connectivity index (χ0) is 10.7. The Labute approximate surface area is 78.2 Å². The molecule has 0 spiro atoms. The molecule has 14 heavy (non-hydrogen) atoms. The van der Waals surface area contributed by atoms with Crippen LogP contribution in [-0.2, 0) is 6.61 Å². The van der Waals surface area contributed by atoms with E-state index in [0.29, 0.717) is 0 Å². The lowest BCUT2D eigenvalue weighted by atomic mass is 10.1. The molecule has 0 saturated carbocycles. The number of hydrogen-bond donors (Lipinski definition) is 1. The molecule has 0 aliphatic carbocycles. The third-order valence-electron chi connectivity index (χ3n) is 1.73. The smallest absolute Gasteiger partial charge is 0.267 e. The fourth-order valence-electron chi connectivity index (χ4n) is 1.07. The van der Waals surface area contributed by atoms with Gasteiger partial charge >= 0.3 is 0 Å². The van der Waals surface area contributed by atoms with E-state index in [0.717, 1.165) is 6.20 Å². The third-order valence-corrected chi connectivity index (χ3v) is 1.73. The Morgan fingerprint density at radius 3 is 2.64 bits per heavy atom. The number of methoxy groups -OCH3 is 1. The summed E-state index contributed by atoms with van der Waals surface area (Å²) in [5, 5.41) is 8.70. The Morgan fingerprint density at radius 2 is 2.21 bits per heavy atom. The number of aliphatic hydroxyl groups excluding tert-OH is 1. The average Bonchev–Trinajstić information content (AvgIpc) is 2.17. The summed E-state index contributed by atoms with van der Waals surface area (Å²) in [7, 11) is 1.17. The van der Waals surface area contributed by atoms with Crippen molar-refractivity contribution in [1.82, 2.24) is 4.98 Å². The van der Waals surface area contributed by atoms with E-state index in [1.807, 2.05) is 0 Å². The van der Waals surface area contributed by atoms with E-state index in [4.69, 9.17) is 5.11 Å². The molecule has 0 aliphatic rings. The Hall–Kier alpha value is -1.30. The minimum absolute atomic E-state index is 0.231. The van der Waals surface area contributed by atoms with Gasteiger partial charge in [-0.3, -0.25) is 0 Å². The average molecular weight is 207 g/mol. The van der Waals surface area contributed by atoms with E-state index in [1.165, 1.54) is 7.11 Å². The molecule has 0 amide bonds. The number of halogens is 3. The maximum Gasteiger partial charge on any atom is 0.267 e. The largest absolute Gasteiger partial charge is 0.495 e. The van der Waals surface area contributed by atoms with Gasteiger partial charge in [0.25, 0.3) is 6.43 Å². The molecule has 0 bridgehead atoms. The normalized spacial score (nSPS) is 10.7.